The SMILES string of the molecule is Cc1ccc(-c2nc(-c3cc(Cl)ccc3O)cc(-c3ccccc3S)n2)cc1. The van der Waals surface area contributed by atoms with Crippen LogP contribution in [0.25, 0.3) is 33.9 Å². The van der Waals surface area contributed by atoms with E-state index in [0.717, 1.165) is 27.3 Å². The first kappa shape index (κ1) is 18.5. The minimum atomic E-state index is 0.114. The van der Waals surface area contributed by atoms with Gasteiger partial charge in [-0.3, -0.25) is 0 Å². The number of phenols is 1. The van der Waals surface area contributed by atoms with Crippen molar-refractivity contribution >= 4 is 24.2 Å². The highest BCUT2D eigenvalue weighted by atomic mass is 35.5. The van der Waals surface area contributed by atoms with E-state index in [-0.39, 0.29) is 5.75 Å². The molecule has 1 N–H and O–H groups in total. The molecule has 0 amide bonds. The molecule has 0 aliphatic heterocycles. The van der Waals surface area contributed by atoms with E-state index in [1.165, 1.54) is 0 Å². The summed E-state index contributed by atoms with van der Waals surface area (Å²) in [5.74, 6) is 0.687. The van der Waals surface area contributed by atoms with Gasteiger partial charge < -0.3 is 5.11 Å². The molecule has 3 nitrogen and oxygen atoms in total. The molecule has 1 aromatic heterocycles. The van der Waals surface area contributed by atoms with Crippen molar-refractivity contribution in [1.82, 2.24) is 9.97 Å². The number of halogens is 1. The Balaban J connectivity index is 1.97. The van der Waals surface area contributed by atoms with Crippen molar-refractivity contribution in [3.8, 4) is 39.7 Å². The number of nitrogens with zero attached hydrogens (tertiary/aromatic N) is 2. The van der Waals surface area contributed by atoms with Gasteiger partial charge in [-0.15, -0.1) is 12.6 Å². The molecule has 0 saturated heterocycles. The summed E-state index contributed by atoms with van der Waals surface area (Å²) in [7, 11) is 0. The second kappa shape index (κ2) is 7.66. The highest BCUT2D eigenvalue weighted by molar-refractivity contribution is 7.80. The van der Waals surface area contributed by atoms with Gasteiger partial charge in [0.25, 0.3) is 0 Å². The molecule has 28 heavy (non-hydrogen) atoms. The number of hydrogen-bond acceptors (Lipinski definition) is 4. The molecule has 0 aliphatic carbocycles. The Morgan fingerprint density at radius 2 is 1.50 bits per heavy atom. The van der Waals surface area contributed by atoms with E-state index < -0.39 is 0 Å². The summed E-state index contributed by atoms with van der Waals surface area (Å²) in [6, 6.07) is 22.5. The lowest BCUT2D eigenvalue weighted by Gasteiger charge is -2.11. The molecule has 0 unspecified atom stereocenters. The lowest BCUT2D eigenvalue weighted by molar-refractivity contribution is 0.477. The Bertz CT molecular complexity index is 1160. The van der Waals surface area contributed by atoms with Crippen LogP contribution >= 0.6 is 24.2 Å². The molecule has 0 fully saturated rings. The Kier molecular flexibility index (Phi) is 5.07. The number of aromatic nitrogens is 2. The predicted octanol–water partition coefficient (Wildman–Crippen LogP) is 6.43. The monoisotopic (exact) mass is 404 g/mol. The molecule has 0 bridgehead atoms. The van der Waals surface area contributed by atoms with Crippen molar-refractivity contribution in [1.29, 1.82) is 0 Å². The van der Waals surface area contributed by atoms with Gasteiger partial charge in [-0.05, 0) is 37.3 Å². The number of benzene rings is 3. The Morgan fingerprint density at radius 1 is 0.821 bits per heavy atom. The topological polar surface area (TPSA) is 46.0 Å². The maximum atomic E-state index is 10.4. The molecule has 0 spiro atoms. The number of rotatable bonds is 3. The minimum absolute atomic E-state index is 0.114. The van der Waals surface area contributed by atoms with Gasteiger partial charge >= 0.3 is 0 Å². The van der Waals surface area contributed by atoms with Crippen molar-refractivity contribution in [3.05, 3.63) is 83.4 Å². The van der Waals surface area contributed by atoms with Gasteiger partial charge in [0.1, 0.15) is 5.75 Å². The van der Waals surface area contributed by atoms with E-state index in [1.807, 2.05) is 61.5 Å². The lowest BCUT2D eigenvalue weighted by atomic mass is 10.1. The van der Waals surface area contributed by atoms with Crippen molar-refractivity contribution in [2.24, 2.45) is 0 Å². The average molecular weight is 405 g/mol. The smallest absolute Gasteiger partial charge is 0.160 e. The van der Waals surface area contributed by atoms with Crippen molar-refractivity contribution in [2.75, 3.05) is 0 Å². The molecule has 4 aromatic rings. The molecule has 0 saturated carbocycles. The van der Waals surface area contributed by atoms with E-state index in [1.54, 1.807) is 18.2 Å². The maximum Gasteiger partial charge on any atom is 0.160 e. The van der Waals surface area contributed by atoms with Crippen LogP contribution in [0.2, 0.25) is 5.02 Å². The third-order valence-corrected chi connectivity index (χ3v) is 5.08. The quantitative estimate of drug-likeness (QED) is 0.386. The van der Waals surface area contributed by atoms with Crippen LogP contribution in [0.4, 0.5) is 0 Å². The Hall–Kier alpha value is -2.82. The van der Waals surface area contributed by atoms with E-state index in [0.29, 0.717) is 22.1 Å². The zero-order valence-corrected chi connectivity index (χ0v) is 16.7. The molecule has 0 aliphatic rings. The molecular weight excluding hydrogens is 388 g/mol. The van der Waals surface area contributed by atoms with E-state index in [9.17, 15) is 5.11 Å². The largest absolute Gasteiger partial charge is 0.507 e. The van der Waals surface area contributed by atoms with E-state index in [4.69, 9.17) is 21.6 Å². The molecule has 5 heteroatoms. The van der Waals surface area contributed by atoms with Crippen LogP contribution in [0.3, 0.4) is 0 Å². The van der Waals surface area contributed by atoms with Crippen LogP contribution in [0.1, 0.15) is 5.56 Å². The fourth-order valence-electron chi connectivity index (χ4n) is 2.96. The minimum Gasteiger partial charge on any atom is -0.507 e. The summed E-state index contributed by atoms with van der Waals surface area (Å²) in [4.78, 5) is 10.3. The Morgan fingerprint density at radius 3 is 2.21 bits per heavy atom. The summed E-state index contributed by atoms with van der Waals surface area (Å²) >= 11 is 10.7. The molecule has 4 rings (SSSR count). The first-order valence-corrected chi connectivity index (χ1v) is 9.57. The second-order valence-corrected chi connectivity index (χ2v) is 7.42. The van der Waals surface area contributed by atoms with Crippen molar-refractivity contribution in [2.45, 2.75) is 11.8 Å². The molecule has 0 radical (unpaired) electrons. The molecule has 0 atom stereocenters. The van der Waals surface area contributed by atoms with Gasteiger partial charge in [0.2, 0.25) is 0 Å². The van der Waals surface area contributed by atoms with Crippen LogP contribution in [0.15, 0.2) is 77.7 Å². The van der Waals surface area contributed by atoms with Gasteiger partial charge in [-0.1, -0.05) is 59.6 Å². The Labute approximate surface area is 174 Å². The van der Waals surface area contributed by atoms with E-state index in [2.05, 4.69) is 12.6 Å². The van der Waals surface area contributed by atoms with Crippen LogP contribution in [0.5, 0.6) is 5.75 Å². The van der Waals surface area contributed by atoms with Crippen LogP contribution in [-0.2, 0) is 0 Å². The fourth-order valence-corrected chi connectivity index (χ4v) is 3.41. The zero-order valence-electron chi connectivity index (χ0n) is 15.1. The predicted molar refractivity (Wildman–Crippen MR) is 117 cm³/mol. The summed E-state index contributed by atoms with van der Waals surface area (Å²) in [6.45, 7) is 2.04. The van der Waals surface area contributed by atoms with Crippen molar-refractivity contribution in [3.63, 3.8) is 0 Å². The summed E-state index contributed by atoms with van der Waals surface area (Å²) < 4.78 is 0. The zero-order chi connectivity index (χ0) is 19.7. The highest BCUT2D eigenvalue weighted by Crippen LogP contribution is 2.35. The first-order valence-electron chi connectivity index (χ1n) is 8.74. The molecular formula is C23H17ClN2OS. The molecule has 138 valence electrons. The van der Waals surface area contributed by atoms with Crippen LogP contribution in [0, 0.1) is 6.92 Å². The molecule has 1 heterocycles. The summed E-state index contributed by atoms with van der Waals surface area (Å²) in [6.07, 6.45) is 0. The molecule has 3 aromatic carbocycles. The third-order valence-electron chi connectivity index (χ3n) is 4.45. The number of aromatic hydroxyl groups is 1. The van der Waals surface area contributed by atoms with Gasteiger partial charge in [-0.25, -0.2) is 9.97 Å². The second-order valence-electron chi connectivity index (χ2n) is 6.51. The van der Waals surface area contributed by atoms with Gasteiger partial charge in [0, 0.05) is 26.6 Å². The normalized spacial score (nSPS) is 10.8. The van der Waals surface area contributed by atoms with E-state index >= 15 is 0 Å². The standard InChI is InChI=1S/C23H17ClN2OS/c1-14-6-8-15(9-7-14)23-25-19(17-4-2-3-5-22(17)28)13-20(26-23)18-12-16(24)10-11-21(18)27/h2-13,27-28H,1H3. The average Bonchev–Trinajstić information content (AvgIpc) is 2.70. The van der Waals surface area contributed by atoms with Crippen molar-refractivity contribution < 1.29 is 5.11 Å². The summed E-state index contributed by atoms with van der Waals surface area (Å²) in [5, 5.41) is 10.9. The lowest BCUT2D eigenvalue weighted by Crippen LogP contribution is -1.96. The van der Waals surface area contributed by atoms with Gasteiger partial charge in [0.15, 0.2) is 5.82 Å². The van der Waals surface area contributed by atoms with Gasteiger partial charge in [0.05, 0.1) is 11.4 Å². The highest BCUT2D eigenvalue weighted by Gasteiger charge is 2.14. The van der Waals surface area contributed by atoms with Crippen LogP contribution < -0.4 is 0 Å². The number of thiol groups is 1. The maximum absolute atomic E-state index is 10.4. The summed E-state index contributed by atoms with van der Waals surface area (Å²) in [5.41, 5.74) is 4.83. The first-order chi connectivity index (χ1) is 13.5. The van der Waals surface area contributed by atoms with Gasteiger partial charge in [-0.2, -0.15) is 0 Å². The number of hydrogen-bond donors (Lipinski definition) is 2. The fraction of sp³-hybridized carbons (Fsp3) is 0.0435. The third kappa shape index (κ3) is 3.75. The van der Waals surface area contributed by atoms with Crippen LogP contribution in [-0.4, -0.2) is 15.1 Å². The number of phenolic OH excluding ortho intramolecular Hbond substituents is 1. The number of aryl methyl sites for hydroxylation is 1.